The SMILES string of the molecule is C=C1/C=C\C[C@@H](OC)COC2=C(OC)c3ccc(F)cc3NC12. The van der Waals surface area contributed by atoms with Crippen LogP contribution in [0.2, 0.25) is 0 Å². The van der Waals surface area contributed by atoms with E-state index in [0.29, 0.717) is 23.8 Å². The summed E-state index contributed by atoms with van der Waals surface area (Å²) in [5.41, 5.74) is 2.25. The first-order valence-electron chi connectivity index (χ1n) is 7.49. The van der Waals surface area contributed by atoms with Gasteiger partial charge in [0.25, 0.3) is 0 Å². The Balaban J connectivity index is 2.09. The molecule has 1 unspecified atom stereocenters. The van der Waals surface area contributed by atoms with E-state index in [1.54, 1.807) is 20.3 Å². The van der Waals surface area contributed by atoms with Crippen molar-refractivity contribution in [2.75, 3.05) is 26.1 Å². The van der Waals surface area contributed by atoms with Crippen LogP contribution in [0.25, 0.3) is 5.76 Å². The Bertz CT molecular complexity index is 681. The molecule has 1 aromatic carbocycles. The van der Waals surface area contributed by atoms with Gasteiger partial charge in [0.05, 0.1) is 13.2 Å². The third kappa shape index (κ3) is 2.97. The van der Waals surface area contributed by atoms with Crippen LogP contribution < -0.4 is 5.32 Å². The van der Waals surface area contributed by atoms with Gasteiger partial charge in [-0.1, -0.05) is 18.7 Å². The number of rotatable bonds is 2. The highest BCUT2D eigenvalue weighted by atomic mass is 19.1. The molecule has 2 atom stereocenters. The van der Waals surface area contributed by atoms with Crippen LogP contribution in [0.15, 0.2) is 48.3 Å². The molecular weight excluding hydrogens is 297 g/mol. The van der Waals surface area contributed by atoms with E-state index in [4.69, 9.17) is 14.2 Å². The lowest BCUT2D eigenvalue weighted by molar-refractivity contribution is 0.0327. The van der Waals surface area contributed by atoms with Gasteiger partial charge in [0.1, 0.15) is 18.5 Å². The molecule has 2 heterocycles. The molecule has 0 spiro atoms. The maximum atomic E-state index is 13.6. The highest BCUT2D eigenvalue weighted by Gasteiger charge is 2.32. The minimum absolute atomic E-state index is 0.0435. The van der Waals surface area contributed by atoms with E-state index in [9.17, 15) is 4.39 Å². The lowest BCUT2D eigenvalue weighted by Crippen LogP contribution is -2.31. The Hall–Kier alpha value is -2.27. The predicted octanol–water partition coefficient (Wildman–Crippen LogP) is 3.48. The molecule has 0 fully saturated rings. The topological polar surface area (TPSA) is 39.7 Å². The number of fused-ring (bicyclic) bond motifs is 2. The fourth-order valence-corrected chi connectivity index (χ4v) is 2.82. The molecule has 4 nitrogen and oxygen atoms in total. The quantitative estimate of drug-likeness (QED) is 0.906. The van der Waals surface area contributed by atoms with E-state index < -0.39 is 0 Å². The second kappa shape index (κ2) is 6.46. The Morgan fingerprint density at radius 1 is 1.35 bits per heavy atom. The molecule has 2 aliphatic heterocycles. The largest absolute Gasteiger partial charge is 0.492 e. The Morgan fingerprint density at radius 3 is 2.91 bits per heavy atom. The van der Waals surface area contributed by atoms with Gasteiger partial charge in [-0.25, -0.2) is 4.39 Å². The number of nitrogens with one attached hydrogen (secondary N) is 1. The maximum Gasteiger partial charge on any atom is 0.168 e. The van der Waals surface area contributed by atoms with E-state index in [0.717, 1.165) is 17.6 Å². The Labute approximate surface area is 135 Å². The summed E-state index contributed by atoms with van der Waals surface area (Å²) >= 11 is 0. The lowest BCUT2D eigenvalue weighted by atomic mass is 9.96. The minimum atomic E-state index is -0.306. The van der Waals surface area contributed by atoms with Gasteiger partial charge in [0.2, 0.25) is 0 Å². The summed E-state index contributed by atoms with van der Waals surface area (Å²) < 4.78 is 30.6. The molecule has 0 saturated carbocycles. The van der Waals surface area contributed by atoms with E-state index in [1.165, 1.54) is 12.1 Å². The van der Waals surface area contributed by atoms with Gasteiger partial charge in [-0.05, 0) is 30.2 Å². The summed E-state index contributed by atoms with van der Waals surface area (Å²) in [6, 6.07) is 4.24. The predicted molar refractivity (Wildman–Crippen MR) is 87.4 cm³/mol. The highest BCUT2D eigenvalue weighted by molar-refractivity contribution is 5.79. The standard InChI is InChI=1S/C18H20FNO3/c1-11-5-4-6-13(21-2)10-23-18-16(11)20-15-9-12(19)7-8-14(15)17(18)22-3/h4-5,7-9,13,16,20H,1,6,10H2,2-3H3/b5-4-/t13-,16?/m1/s1. The number of ether oxygens (including phenoxy) is 3. The number of methoxy groups -OCH3 is 2. The zero-order valence-corrected chi connectivity index (χ0v) is 13.3. The summed E-state index contributed by atoms with van der Waals surface area (Å²) in [5, 5.41) is 3.29. The number of halogens is 1. The van der Waals surface area contributed by atoms with Gasteiger partial charge in [-0.3, -0.25) is 0 Å². The second-order valence-corrected chi connectivity index (χ2v) is 5.55. The van der Waals surface area contributed by atoms with E-state index >= 15 is 0 Å². The fourth-order valence-electron chi connectivity index (χ4n) is 2.82. The molecule has 3 rings (SSSR count). The van der Waals surface area contributed by atoms with E-state index in [-0.39, 0.29) is 18.0 Å². The average Bonchev–Trinajstić information content (AvgIpc) is 2.62. The van der Waals surface area contributed by atoms with Crippen LogP contribution in [0.3, 0.4) is 0 Å². The first kappa shape index (κ1) is 15.6. The molecule has 0 aromatic heterocycles. The van der Waals surface area contributed by atoms with Crippen molar-refractivity contribution < 1.29 is 18.6 Å². The summed E-state index contributed by atoms with van der Waals surface area (Å²) in [6.07, 6.45) is 4.64. The number of benzene rings is 1. The van der Waals surface area contributed by atoms with Crippen LogP contribution in [-0.4, -0.2) is 33.0 Å². The molecule has 5 heteroatoms. The van der Waals surface area contributed by atoms with Crippen LogP contribution in [0.5, 0.6) is 0 Å². The summed E-state index contributed by atoms with van der Waals surface area (Å²) in [4.78, 5) is 0. The molecule has 23 heavy (non-hydrogen) atoms. The molecule has 0 bridgehead atoms. The van der Waals surface area contributed by atoms with Gasteiger partial charge in [0.15, 0.2) is 11.5 Å². The van der Waals surface area contributed by atoms with Crippen LogP contribution >= 0.6 is 0 Å². The second-order valence-electron chi connectivity index (χ2n) is 5.55. The van der Waals surface area contributed by atoms with Gasteiger partial charge in [-0.2, -0.15) is 0 Å². The lowest BCUT2D eigenvalue weighted by Gasteiger charge is -2.31. The van der Waals surface area contributed by atoms with Crippen molar-refractivity contribution in [2.45, 2.75) is 18.6 Å². The zero-order chi connectivity index (χ0) is 16.4. The molecular formula is C18H20FNO3. The van der Waals surface area contributed by atoms with Crippen molar-refractivity contribution in [3.05, 3.63) is 59.6 Å². The van der Waals surface area contributed by atoms with Gasteiger partial charge >= 0.3 is 0 Å². The molecule has 0 radical (unpaired) electrons. The molecule has 1 aromatic rings. The summed E-state index contributed by atoms with van der Waals surface area (Å²) in [5.74, 6) is 0.931. The van der Waals surface area contributed by atoms with Crippen molar-refractivity contribution in [1.82, 2.24) is 0 Å². The Kier molecular flexibility index (Phi) is 4.39. The van der Waals surface area contributed by atoms with Crippen molar-refractivity contribution in [2.24, 2.45) is 0 Å². The van der Waals surface area contributed by atoms with Crippen molar-refractivity contribution in [1.29, 1.82) is 0 Å². The minimum Gasteiger partial charge on any atom is -0.492 e. The maximum absolute atomic E-state index is 13.6. The van der Waals surface area contributed by atoms with Gasteiger partial charge in [-0.15, -0.1) is 0 Å². The van der Waals surface area contributed by atoms with E-state index in [2.05, 4.69) is 11.9 Å². The molecule has 0 amide bonds. The number of hydrogen-bond acceptors (Lipinski definition) is 4. The smallest absolute Gasteiger partial charge is 0.168 e. The first-order valence-corrected chi connectivity index (χ1v) is 7.49. The average molecular weight is 317 g/mol. The molecule has 0 saturated heterocycles. The first-order chi connectivity index (χ1) is 11.1. The molecule has 2 aliphatic rings. The third-order valence-electron chi connectivity index (χ3n) is 4.08. The van der Waals surface area contributed by atoms with Crippen molar-refractivity contribution in [3.8, 4) is 0 Å². The summed E-state index contributed by atoms with van der Waals surface area (Å²) in [7, 11) is 3.25. The highest BCUT2D eigenvalue weighted by Crippen LogP contribution is 2.38. The molecule has 122 valence electrons. The van der Waals surface area contributed by atoms with Crippen LogP contribution in [0.1, 0.15) is 12.0 Å². The molecule has 0 aliphatic carbocycles. The monoisotopic (exact) mass is 317 g/mol. The summed E-state index contributed by atoms with van der Waals surface area (Å²) in [6.45, 7) is 4.51. The van der Waals surface area contributed by atoms with Crippen LogP contribution in [0.4, 0.5) is 10.1 Å². The van der Waals surface area contributed by atoms with Crippen molar-refractivity contribution in [3.63, 3.8) is 0 Å². The number of anilines is 1. The fraction of sp³-hybridized carbons (Fsp3) is 0.333. The normalized spacial score (nSPS) is 25.1. The number of hydrogen-bond donors (Lipinski definition) is 1. The molecule has 1 N–H and O–H groups in total. The Morgan fingerprint density at radius 2 is 2.17 bits per heavy atom. The van der Waals surface area contributed by atoms with Gasteiger partial charge < -0.3 is 19.5 Å². The van der Waals surface area contributed by atoms with Gasteiger partial charge in [0, 0.05) is 18.4 Å². The van der Waals surface area contributed by atoms with Crippen LogP contribution in [0, 0.1) is 5.82 Å². The zero-order valence-electron chi connectivity index (χ0n) is 13.3. The van der Waals surface area contributed by atoms with Crippen LogP contribution in [-0.2, 0) is 14.2 Å². The third-order valence-corrected chi connectivity index (χ3v) is 4.08. The van der Waals surface area contributed by atoms with Crippen molar-refractivity contribution >= 4 is 11.4 Å². The van der Waals surface area contributed by atoms with E-state index in [1.807, 2.05) is 12.2 Å².